The summed E-state index contributed by atoms with van der Waals surface area (Å²) in [7, 11) is 0. The van der Waals surface area contributed by atoms with Gasteiger partial charge in [-0.3, -0.25) is 0 Å². The van der Waals surface area contributed by atoms with Crippen molar-refractivity contribution in [1.82, 2.24) is 14.5 Å². The third kappa shape index (κ3) is 1.80. The topological polar surface area (TPSA) is 39.9 Å². The van der Waals surface area contributed by atoms with Crippen molar-refractivity contribution in [2.45, 2.75) is 12.5 Å². The van der Waals surface area contributed by atoms with Crippen LogP contribution in [-0.2, 0) is 4.74 Å². The van der Waals surface area contributed by atoms with Crippen molar-refractivity contribution in [3.8, 4) is 11.4 Å². The number of hydrogen-bond donors (Lipinski definition) is 0. The Morgan fingerprint density at radius 3 is 2.80 bits per heavy atom. The van der Waals surface area contributed by atoms with E-state index in [2.05, 4.69) is 21.7 Å². The minimum Gasteiger partial charge on any atom is -0.379 e. The molecule has 4 nitrogen and oxygen atoms in total. The fraction of sp³-hybridized carbons (Fsp3) is 0.250. The molecule has 1 aliphatic rings. The first-order chi connectivity index (χ1) is 9.93. The molecule has 0 N–H and O–H groups in total. The summed E-state index contributed by atoms with van der Waals surface area (Å²) in [6.45, 7) is 1.55. The molecule has 0 spiro atoms. The first-order valence-electron chi connectivity index (χ1n) is 6.89. The Bertz CT molecular complexity index is 730. The van der Waals surface area contributed by atoms with E-state index in [-0.39, 0.29) is 0 Å². The predicted molar refractivity (Wildman–Crippen MR) is 77.4 cm³/mol. The fourth-order valence-electron chi connectivity index (χ4n) is 2.79. The van der Waals surface area contributed by atoms with E-state index >= 15 is 0 Å². The normalized spacial score (nSPS) is 18.7. The Labute approximate surface area is 117 Å². The summed E-state index contributed by atoms with van der Waals surface area (Å²) in [5.74, 6) is 0.981. The van der Waals surface area contributed by atoms with E-state index in [1.165, 1.54) is 0 Å². The van der Waals surface area contributed by atoms with E-state index in [0.29, 0.717) is 6.04 Å². The highest BCUT2D eigenvalue weighted by Crippen LogP contribution is 2.30. The number of fused-ring (bicyclic) bond motifs is 1. The predicted octanol–water partition coefficient (Wildman–Crippen LogP) is 3.06. The van der Waals surface area contributed by atoms with Gasteiger partial charge in [-0.1, -0.05) is 30.3 Å². The Morgan fingerprint density at radius 2 is 2.00 bits per heavy atom. The van der Waals surface area contributed by atoms with Crippen LogP contribution in [0.5, 0.6) is 0 Å². The van der Waals surface area contributed by atoms with Crippen LogP contribution in [0.1, 0.15) is 12.5 Å². The zero-order chi connectivity index (χ0) is 13.4. The molecule has 1 unspecified atom stereocenters. The van der Waals surface area contributed by atoms with Gasteiger partial charge >= 0.3 is 0 Å². The molecule has 2 aromatic heterocycles. The number of rotatable bonds is 2. The quantitative estimate of drug-likeness (QED) is 0.715. The fourth-order valence-corrected chi connectivity index (χ4v) is 2.79. The number of benzene rings is 1. The van der Waals surface area contributed by atoms with Gasteiger partial charge in [0.15, 0.2) is 5.65 Å². The average Bonchev–Trinajstić information content (AvgIpc) is 3.14. The number of pyridine rings is 1. The molecule has 1 atom stereocenters. The van der Waals surface area contributed by atoms with Crippen LogP contribution in [0, 0.1) is 0 Å². The van der Waals surface area contributed by atoms with Gasteiger partial charge in [0.25, 0.3) is 0 Å². The summed E-state index contributed by atoms with van der Waals surface area (Å²) < 4.78 is 7.78. The number of ether oxygens (including phenoxy) is 1. The van der Waals surface area contributed by atoms with Gasteiger partial charge in [-0.05, 0) is 18.6 Å². The van der Waals surface area contributed by atoms with E-state index in [1.54, 1.807) is 0 Å². The summed E-state index contributed by atoms with van der Waals surface area (Å²) in [4.78, 5) is 9.29. The molecule has 100 valence electrons. The third-order valence-corrected chi connectivity index (χ3v) is 3.75. The second-order valence-electron chi connectivity index (χ2n) is 5.03. The zero-order valence-electron chi connectivity index (χ0n) is 11.1. The molecule has 1 saturated heterocycles. The van der Waals surface area contributed by atoms with Crippen molar-refractivity contribution in [1.29, 1.82) is 0 Å². The molecule has 20 heavy (non-hydrogen) atoms. The highest BCUT2D eigenvalue weighted by atomic mass is 16.5. The van der Waals surface area contributed by atoms with Crippen LogP contribution in [0.25, 0.3) is 22.6 Å². The molecule has 4 heteroatoms. The van der Waals surface area contributed by atoms with Crippen LogP contribution in [0.4, 0.5) is 0 Å². The van der Waals surface area contributed by atoms with E-state index in [9.17, 15) is 0 Å². The van der Waals surface area contributed by atoms with E-state index in [4.69, 9.17) is 9.72 Å². The molecule has 0 amide bonds. The van der Waals surface area contributed by atoms with Gasteiger partial charge in [0, 0.05) is 18.4 Å². The molecule has 3 aromatic rings. The lowest BCUT2D eigenvalue weighted by Crippen LogP contribution is -2.10. The summed E-state index contributed by atoms with van der Waals surface area (Å²) in [6, 6.07) is 14.6. The second-order valence-corrected chi connectivity index (χ2v) is 5.03. The minimum atomic E-state index is 0.324. The minimum absolute atomic E-state index is 0.324. The van der Waals surface area contributed by atoms with E-state index < -0.39 is 0 Å². The molecule has 1 aromatic carbocycles. The highest BCUT2D eigenvalue weighted by Gasteiger charge is 2.24. The smallest absolute Gasteiger partial charge is 0.160 e. The van der Waals surface area contributed by atoms with Crippen LogP contribution in [0.2, 0.25) is 0 Å². The SMILES string of the molecule is c1ccc(-c2nc3cccnc3n2C2CCOC2)cc1. The van der Waals surface area contributed by atoms with Crippen molar-refractivity contribution in [2.24, 2.45) is 0 Å². The summed E-state index contributed by atoms with van der Waals surface area (Å²) in [5.41, 5.74) is 3.01. The molecule has 0 radical (unpaired) electrons. The lowest BCUT2D eigenvalue weighted by molar-refractivity contribution is 0.187. The van der Waals surface area contributed by atoms with Gasteiger partial charge in [-0.25, -0.2) is 9.97 Å². The summed E-state index contributed by atoms with van der Waals surface area (Å²) in [5, 5.41) is 0. The van der Waals surface area contributed by atoms with Crippen molar-refractivity contribution in [3.05, 3.63) is 48.7 Å². The first kappa shape index (κ1) is 11.6. The number of nitrogens with zero attached hydrogens (tertiary/aromatic N) is 3. The monoisotopic (exact) mass is 265 g/mol. The largest absolute Gasteiger partial charge is 0.379 e. The molecule has 0 aliphatic carbocycles. The molecule has 4 rings (SSSR count). The number of imidazole rings is 1. The number of aromatic nitrogens is 3. The zero-order valence-corrected chi connectivity index (χ0v) is 11.1. The van der Waals surface area contributed by atoms with Crippen molar-refractivity contribution in [2.75, 3.05) is 13.2 Å². The van der Waals surface area contributed by atoms with E-state index in [0.717, 1.165) is 42.2 Å². The van der Waals surface area contributed by atoms with Crippen molar-refractivity contribution in [3.63, 3.8) is 0 Å². The number of hydrogen-bond acceptors (Lipinski definition) is 3. The van der Waals surface area contributed by atoms with Crippen LogP contribution in [0.3, 0.4) is 0 Å². The van der Waals surface area contributed by atoms with E-state index in [1.807, 2.05) is 36.5 Å². The Kier molecular flexibility index (Phi) is 2.74. The van der Waals surface area contributed by atoms with Gasteiger partial charge in [0.05, 0.1) is 12.6 Å². The van der Waals surface area contributed by atoms with Gasteiger partial charge in [-0.15, -0.1) is 0 Å². The first-order valence-corrected chi connectivity index (χ1v) is 6.89. The average molecular weight is 265 g/mol. The maximum absolute atomic E-state index is 5.54. The molecule has 3 heterocycles. The summed E-state index contributed by atoms with van der Waals surface area (Å²) >= 11 is 0. The molecular weight excluding hydrogens is 250 g/mol. The second kappa shape index (κ2) is 4.72. The molecular formula is C16H15N3O. The highest BCUT2D eigenvalue weighted by molar-refractivity contribution is 5.77. The third-order valence-electron chi connectivity index (χ3n) is 3.75. The van der Waals surface area contributed by atoms with Gasteiger partial charge in [-0.2, -0.15) is 0 Å². The van der Waals surface area contributed by atoms with Gasteiger partial charge in [0.2, 0.25) is 0 Å². The van der Waals surface area contributed by atoms with Crippen LogP contribution in [-0.4, -0.2) is 27.7 Å². The lowest BCUT2D eigenvalue weighted by atomic mass is 10.2. The van der Waals surface area contributed by atoms with Gasteiger partial charge in [0.1, 0.15) is 11.3 Å². The van der Waals surface area contributed by atoms with Crippen LogP contribution in [0.15, 0.2) is 48.7 Å². The van der Waals surface area contributed by atoms with Gasteiger partial charge < -0.3 is 9.30 Å². The molecule has 0 bridgehead atoms. The van der Waals surface area contributed by atoms with Crippen LogP contribution < -0.4 is 0 Å². The standard InChI is InChI=1S/C16H15N3O/c1-2-5-12(6-3-1)15-18-14-7-4-9-17-16(14)19(15)13-8-10-20-11-13/h1-7,9,13H,8,10-11H2. The molecule has 1 fully saturated rings. The maximum Gasteiger partial charge on any atom is 0.160 e. The summed E-state index contributed by atoms with van der Waals surface area (Å²) in [6.07, 6.45) is 2.84. The lowest BCUT2D eigenvalue weighted by Gasteiger charge is -2.14. The van der Waals surface area contributed by atoms with Crippen LogP contribution >= 0.6 is 0 Å². The molecule has 0 saturated carbocycles. The van der Waals surface area contributed by atoms with Crippen molar-refractivity contribution < 1.29 is 4.74 Å². The Hall–Kier alpha value is -2.20. The Balaban J connectivity index is 1.97. The maximum atomic E-state index is 5.54. The Morgan fingerprint density at radius 1 is 1.10 bits per heavy atom. The molecule has 1 aliphatic heterocycles. The van der Waals surface area contributed by atoms with Crippen molar-refractivity contribution >= 4 is 11.2 Å².